The number of carbonyl (C=O) groups excluding carboxylic acids is 1. The van der Waals surface area contributed by atoms with E-state index in [2.05, 4.69) is 4.57 Å². The van der Waals surface area contributed by atoms with Crippen molar-refractivity contribution in [2.75, 3.05) is 12.0 Å². The largest absolute Gasteiger partial charge is 0.508 e. The molecule has 2 heterocycles. The van der Waals surface area contributed by atoms with Crippen LogP contribution in [0.15, 0.2) is 47.4 Å². The van der Waals surface area contributed by atoms with Crippen LogP contribution in [0.25, 0.3) is 17.0 Å². The summed E-state index contributed by atoms with van der Waals surface area (Å²) in [6, 6.07) is 12.4. The number of hydrogen-bond acceptors (Lipinski definition) is 5. The summed E-state index contributed by atoms with van der Waals surface area (Å²) in [4.78, 5) is 15.1. The van der Waals surface area contributed by atoms with Crippen LogP contribution in [0.4, 0.5) is 5.69 Å². The van der Waals surface area contributed by atoms with Crippen LogP contribution in [0, 0.1) is 6.92 Å². The van der Waals surface area contributed by atoms with E-state index in [0.717, 1.165) is 27.9 Å². The van der Waals surface area contributed by atoms with Gasteiger partial charge in [-0.1, -0.05) is 24.0 Å². The van der Waals surface area contributed by atoms with Crippen LogP contribution in [0.1, 0.15) is 11.3 Å². The summed E-state index contributed by atoms with van der Waals surface area (Å²) >= 11 is 6.72. The van der Waals surface area contributed by atoms with Crippen LogP contribution < -0.4 is 9.64 Å². The molecule has 5 nitrogen and oxygen atoms in total. The smallest absolute Gasteiger partial charge is 0.270 e. The van der Waals surface area contributed by atoms with Crippen LogP contribution >= 0.6 is 24.0 Å². The molecule has 4 rings (SSSR count). The number of anilines is 1. The first-order chi connectivity index (χ1) is 13.4. The highest BCUT2D eigenvalue weighted by molar-refractivity contribution is 8.27. The van der Waals surface area contributed by atoms with E-state index in [4.69, 9.17) is 17.0 Å². The van der Waals surface area contributed by atoms with Gasteiger partial charge in [-0.15, -0.1) is 0 Å². The van der Waals surface area contributed by atoms with E-state index >= 15 is 0 Å². The van der Waals surface area contributed by atoms with Crippen molar-refractivity contribution in [2.24, 2.45) is 7.05 Å². The van der Waals surface area contributed by atoms with Gasteiger partial charge < -0.3 is 14.4 Å². The van der Waals surface area contributed by atoms with Crippen molar-refractivity contribution in [3.8, 4) is 11.5 Å². The summed E-state index contributed by atoms with van der Waals surface area (Å²) < 4.78 is 7.90. The molecule has 2 aromatic carbocycles. The maximum absolute atomic E-state index is 13.0. The molecule has 1 N–H and O–H groups in total. The number of phenolic OH excluding ortho intramolecular Hbond substituents is 1. The highest BCUT2D eigenvalue weighted by Crippen LogP contribution is 2.38. The highest BCUT2D eigenvalue weighted by Gasteiger charge is 2.33. The van der Waals surface area contributed by atoms with E-state index < -0.39 is 0 Å². The maximum Gasteiger partial charge on any atom is 0.270 e. The topological polar surface area (TPSA) is 54.7 Å². The number of nitrogens with zero attached hydrogens (tertiary/aromatic N) is 2. The standard InChI is InChI=1S/C21H18N2O3S2/c1-12-17(16-9-8-15(26-3)10-18(16)22(12)2)11-19-20(25)23(21(27)28-19)13-4-6-14(24)7-5-13/h4-11,24H,1-3H3. The minimum absolute atomic E-state index is 0.145. The number of methoxy groups -OCH3 is 1. The zero-order chi connectivity index (χ0) is 20.0. The molecule has 1 aromatic heterocycles. The lowest BCUT2D eigenvalue weighted by Gasteiger charge is -2.14. The van der Waals surface area contributed by atoms with Gasteiger partial charge in [0, 0.05) is 29.8 Å². The van der Waals surface area contributed by atoms with Gasteiger partial charge in [-0.05, 0) is 49.4 Å². The summed E-state index contributed by atoms with van der Waals surface area (Å²) in [6.45, 7) is 2.03. The fraction of sp³-hybridized carbons (Fsp3) is 0.143. The molecule has 1 saturated heterocycles. The molecule has 0 radical (unpaired) electrons. The van der Waals surface area contributed by atoms with Crippen LogP contribution in [0.3, 0.4) is 0 Å². The molecule has 3 aromatic rings. The van der Waals surface area contributed by atoms with E-state index in [-0.39, 0.29) is 11.7 Å². The summed E-state index contributed by atoms with van der Waals surface area (Å²) in [5.74, 6) is 0.774. The number of ether oxygens (including phenoxy) is 1. The number of thioether (sulfide) groups is 1. The monoisotopic (exact) mass is 410 g/mol. The molecule has 0 aliphatic carbocycles. The normalized spacial score (nSPS) is 15.8. The third-order valence-electron chi connectivity index (χ3n) is 4.93. The zero-order valence-electron chi connectivity index (χ0n) is 15.6. The summed E-state index contributed by atoms with van der Waals surface area (Å²) in [6.07, 6.45) is 1.91. The highest BCUT2D eigenvalue weighted by atomic mass is 32.2. The molecule has 0 unspecified atom stereocenters. The predicted octanol–water partition coefficient (Wildman–Crippen LogP) is 4.61. The van der Waals surface area contributed by atoms with Gasteiger partial charge in [-0.3, -0.25) is 9.69 Å². The van der Waals surface area contributed by atoms with E-state index in [0.29, 0.717) is 14.9 Å². The summed E-state index contributed by atoms with van der Waals surface area (Å²) in [5, 5.41) is 10.5. The number of aromatic nitrogens is 1. The molecule has 28 heavy (non-hydrogen) atoms. The third kappa shape index (κ3) is 2.96. The van der Waals surface area contributed by atoms with Crippen LogP contribution in [0.2, 0.25) is 0 Å². The molecule has 0 bridgehead atoms. The average Bonchev–Trinajstić information content (AvgIpc) is 3.10. The number of carbonyl (C=O) groups is 1. The maximum atomic E-state index is 13.0. The van der Waals surface area contributed by atoms with Gasteiger partial charge in [-0.2, -0.15) is 0 Å². The second-order valence-corrected chi connectivity index (χ2v) is 8.15. The molecular formula is C21H18N2O3S2. The van der Waals surface area contributed by atoms with Gasteiger partial charge in [0.2, 0.25) is 0 Å². The molecule has 7 heteroatoms. The fourth-order valence-corrected chi connectivity index (χ4v) is 4.59. The van der Waals surface area contributed by atoms with Gasteiger partial charge >= 0.3 is 0 Å². The molecule has 0 atom stereocenters. The Kier molecular flexibility index (Phi) is 4.64. The van der Waals surface area contributed by atoms with Crippen molar-refractivity contribution in [3.63, 3.8) is 0 Å². The minimum Gasteiger partial charge on any atom is -0.508 e. The van der Waals surface area contributed by atoms with E-state index in [9.17, 15) is 9.90 Å². The Labute approximate surface area is 172 Å². The number of aromatic hydroxyl groups is 1. The van der Waals surface area contributed by atoms with Crippen molar-refractivity contribution < 1.29 is 14.6 Å². The van der Waals surface area contributed by atoms with Crippen molar-refractivity contribution in [3.05, 3.63) is 58.6 Å². The Bertz CT molecular complexity index is 1150. The second-order valence-electron chi connectivity index (χ2n) is 6.47. The van der Waals surface area contributed by atoms with E-state index in [1.54, 1.807) is 31.4 Å². The van der Waals surface area contributed by atoms with Crippen LogP contribution in [0.5, 0.6) is 11.5 Å². The Balaban J connectivity index is 1.78. The number of benzene rings is 2. The minimum atomic E-state index is -0.161. The van der Waals surface area contributed by atoms with Crippen LogP contribution in [-0.4, -0.2) is 27.0 Å². The molecule has 1 aliphatic heterocycles. The number of phenols is 1. The number of aryl methyl sites for hydroxylation is 1. The third-order valence-corrected chi connectivity index (χ3v) is 6.23. The van der Waals surface area contributed by atoms with Gasteiger partial charge in [0.15, 0.2) is 4.32 Å². The lowest BCUT2D eigenvalue weighted by atomic mass is 10.1. The quantitative estimate of drug-likeness (QED) is 0.505. The Morgan fingerprint density at radius 3 is 2.57 bits per heavy atom. The number of hydrogen-bond donors (Lipinski definition) is 1. The first-order valence-electron chi connectivity index (χ1n) is 8.60. The molecule has 142 valence electrons. The SMILES string of the molecule is COc1ccc2c(C=C3SC(=S)N(c4ccc(O)cc4)C3=O)c(C)n(C)c2c1. The van der Waals surface area contributed by atoms with E-state index in [1.165, 1.54) is 16.7 Å². The predicted molar refractivity (Wildman–Crippen MR) is 118 cm³/mol. The molecule has 0 saturated carbocycles. The van der Waals surface area contributed by atoms with Gasteiger partial charge in [0.05, 0.1) is 23.2 Å². The Morgan fingerprint density at radius 2 is 1.89 bits per heavy atom. The van der Waals surface area contributed by atoms with Crippen LogP contribution in [-0.2, 0) is 11.8 Å². The zero-order valence-corrected chi connectivity index (χ0v) is 17.2. The van der Waals surface area contributed by atoms with Crippen molar-refractivity contribution in [1.82, 2.24) is 4.57 Å². The lowest BCUT2D eigenvalue weighted by Crippen LogP contribution is -2.27. The molecule has 1 amide bonds. The molecule has 1 fully saturated rings. The number of rotatable bonds is 3. The van der Waals surface area contributed by atoms with Crippen molar-refractivity contribution in [2.45, 2.75) is 6.92 Å². The average molecular weight is 411 g/mol. The fourth-order valence-electron chi connectivity index (χ4n) is 3.31. The number of amides is 1. The molecule has 0 spiro atoms. The molecular weight excluding hydrogens is 392 g/mol. The van der Waals surface area contributed by atoms with E-state index in [1.807, 2.05) is 38.2 Å². The summed E-state index contributed by atoms with van der Waals surface area (Å²) in [7, 11) is 3.64. The first kappa shape index (κ1) is 18.6. The van der Waals surface area contributed by atoms with Crippen molar-refractivity contribution in [1.29, 1.82) is 0 Å². The first-order valence-corrected chi connectivity index (χ1v) is 9.83. The molecule has 1 aliphatic rings. The van der Waals surface area contributed by atoms with Gasteiger partial charge in [-0.25, -0.2) is 0 Å². The van der Waals surface area contributed by atoms with Gasteiger partial charge in [0.25, 0.3) is 5.91 Å². The Hall–Kier alpha value is -2.77. The van der Waals surface area contributed by atoms with Gasteiger partial charge in [0.1, 0.15) is 11.5 Å². The number of thiocarbonyl (C=S) groups is 1. The second kappa shape index (κ2) is 7.00. The summed E-state index contributed by atoms with van der Waals surface area (Å²) in [5.41, 5.74) is 3.73. The van der Waals surface area contributed by atoms with Crippen molar-refractivity contribution >= 4 is 56.9 Å². The Morgan fingerprint density at radius 1 is 1.18 bits per heavy atom. The lowest BCUT2D eigenvalue weighted by molar-refractivity contribution is -0.113. The number of fused-ring (bicyclic) bond motifs is 1.